The summed E-state index contributed by atoms with van der Waals surface area (Å²) < 4.78 is 5.43. The summed E-state index contributed by atoms with van der Waals surface area (Å²) in [6, 6.07) is 0.725. The Morgan fingerprint density at radius 1 is 1.40 bits per heavy atom. The molecule has 0 aromatic rings. The lowest BCUT2D eigenvalue weighted by molar-refractivity contribution is -0.123. The maximum absolute atomic E-state index is 12.4. The molecule has 4 atom stereocenters. The molecule has 116 valence electrons. The van der Waals surface area contributed by atoms with Crippen molar-refractivity contribution in [1.82, 2.24) is 10.6 Å². The summed E-state index contributed by atoms with van der Waals surface area (Å²) in [4.78, 5) is 12.4. The van der Waals surface area contributed by atoms with Crippen LogP contribution in [-0.2, 0) is 9.53 Å². The molecule has 0 spiro atoms. The van der Waals surface area contributed by atoms with Gasteiger partial charge in [0, 0.05) is 19.2 Å². The second-order valence-corrected chi connectivity index (χ2v) is 7.18. The summed E-state index contributed by atoms with van der Waals surface area (Å²) in [7, 11) is 1.72. The minimum Gasteiger partial charge on any atom is -0.379 e. The lowest BCUT2D eigenvalue weighted by atomic mass is 9.85. The van der Waals surface area contributed by atoms with Crippen LogP contribution in [0.15, 0.2) is 0 Å². The van der Waals surface area contributed by atoms with Crippen LogP contribution in [0.1, 0.15) is 59.3 Å². The summed E-state index contributed by atoms with van der Waals surface area (Å²) in [5, 5.41) is 6.67. The molecule has 1 amide bonds. The SMILES string of the molecule is COC(C)(C)CC(C)NC(=O)C1CC2CCCCC2N1. The van der Waals surface area contributed by atoms with Crippen LogP contribution in [0, 0.1) is 5.92 Å². The van der Waals surface area contributed by atoms with Gasteiger partial charge in [-0.15, -0.1) is 0 Å². The summed E-state index contributed by atoms with van der Waals surface area (Å²) >= 11 is 0. The van der Waals surface area contributed by atoms with Gasteiger partial charge in [-0.05, 0) is 52.4 Å². The third kappa shape index (κ3) is 3.95. The molecular formula is C16H30N2O2. The number of ether oxygens (including phenoxy) is 1. The molecule has 1 aliphatic heterocycles. The Morgan fingerprint density at radius 3 is 2.75 bits per heavy atom. The zero-order chi connectivity index (χ0) is 14.8. The van der Waals surface area contributed by atoms with Crippen LogP contribution in [-0.4, -0.2) is 36.7 Å². The number of carbonyl (C=O) groups excluding carboxylic acids is 1. The van der Waals surface area contributed by atoms with Crippen molar-refractivity contribution in [1.29, 1.82) is 0 Å². The van der Waals surface area contributed by atoms with Gasteiger partial charge in [-0.2, -0.15) is 0 Å². The smallest absolute Gasteiger partial charge is 0.237 e. The fourth-order valence-electron chi connectivity index (χ4n) is 3.74. The van der Waals surface area contributed by atoms with E-state index in [1.165, 1.54) is 25.7 Å². The predicted octanol–water partition coefficient (Wildman–Crippen LogP) is 2.23. The first kappa shape index (κ1) is 15.8. The molecule has 0 bridgehead atoms. The van der Waals surface area contributed by atoms with Gasteiger partial charge in [-0.3, -0.25) is 4.79 Å². The summed E-state index contributed by atoms with van der Waals surface area (Å²) in [5.41, 5.74) is -0.191. The van der Waals surface area contributed by atoms with Crippen molar-refractivity contribution in [2.24, 2.45) is 5.92 Å². The zero-order valence-electron chi connectivity index (χ0n) is 13.4. The Morgan fingerprint density at radius 2 is 2.10 bits per heavy atom. The molecule has 1 heterocycles. The average molecular weight is 282 g/mol. The maximum atomic E-state index is 12.4. The molecule has 2 rings (SSSR count). The number of rotatable bonds is 5. The third-order valence-electron chi connectivity index (χ3n) is 4.92. The maximum Gasteiger partial charge on any atom is 0.237 e. The van der Waals surface area contributed by atoms with E-state index in [-0.39, 0.29) is 23.6 Å². The van der Waals surface area contributed by atoms with Crippen molar-refractivity contribution in [3.63, 3.8) is 0 Å². The normalized spacial score (nSPS) is 31.7. The molecule has 0 radical (unpaired) electrons. The van der Waals surface area contributed by atoms with E-state index in [0.29, 0.717) is 12.0 Å². The topological polar surface area (TPSA) is 50.4 Å². The van der Waals surface area contributed by atoms with Gasteiger partial charge in [0.1, 0.15) is 0 Å². The molecule has 4 nitrogen and oxygen atoms in total. The summed E-state index contributed by atoms with van der Waals surface area (Å²) in [5.74, 6) is 0.879. The molecule has 2 N–H and O–H groups in total. The molecule has 2 fully saturated rings. The quantitative estimate of drug-likeness (QED) is 0.813. The van der Waals surface area contributed by atoms with Gasteiger partial charge in [-0.1, -0.05) is 12.8 Å². The van der Waals surface area contributed by atoms with E-state index < -0.39 is 0 Å². The molecule has 0 aromatic heterocycles. The van der Waals surface area contributed by atoms with Crippen molar-refractivity contribution in [2.45, 2.75) is 83.0 Å². The first-order valence-electron chi connectivity index (χ1n) is 8.03. The molecule has 1 saturated carbocycles. The first-order valence-corrected chi connectivity index (χ1v) is 8.03. The van der Waals surface area contributed by atoms with Crippen molar-refractivity contribution < 1.29 is 9.53 Å². The zero-order valence-corrected chi connectivity index (χ0v) is 13.4. The van der Waals surface area contributed by atoms with Crippen molar-refractivity contribution in [3.8, 4) is 0 Å². The third-order valence-corrected chi connectivity index (χ3v) is 4.92. The molecule has 4 unspecified atom stereocenters. The predicted molar refractivity (Wildman–Crippen MR) is 80.6 cm³/mol. The monoisotopic (exact) mass is 282 g/mol. The van der Waals surface area contributed by atoms with E-state index in [1.54, 1.807) is 7.11 Å². The number of amides is 1. The van der Waals surface area contributed by atoms with Gasteiger partial charge in [0.05, 0.1) is 11.6 Å². The Bertz CT molecular complexity index is 329. The highest BCUT2D eigenvalue weighted by atomic mass is 16.5. The van der Waals surface area contributed by atoms with Gasteiger partial charge < -0.3 is 15.4 Å². The molecule has 1 saturated heterocycles. The highest BCUT2D eigenvalue weighted by Gasteiger charge is 2.38. The number of nitrogens with one attached hydrogen (secondary N) is 2. The lowest BCUT2D eigenvalue weighted by Gasteiger charge is -2.27. The van der Waals surface area contributed by atoms with E-state index in [0.717, 1.165) is 12.8 Å². The Labute approximate surface area is 123 Å². The second kappa shape index (κ2) is 6.44. The van der Waals surface area contributed by atoms with Gasteiger partial charge in [-0.25, -0.2) is 0 Å². The molecule has 2 aliphatic rings. The largest absolute Gasteiger partial charge is 0.379 e. The average Bonchev–Trinajstić information content (AvgIpc) is 2.81. The van der Waals surface area contributed by atoms with Gasteiger partial charge in [0.2, 0.25) is 5.91 Å². The molecule has 20 heavy (non-hydrogen) atoms. The number of hydrogen-bond donors (Lipinski definition) is 2. The van der Waals surface area contributed by atoms with E-state index >= 15 is 0 Å². The molecular weight excluding hydrogens is 252 g/mol. The highest BCUT2D eigenvalue weighted by Crippen LogP contribution is 2.33. The van der Waals surface area contributed by atoms with Crippen LogP contribution < -0.4 is 10.6 Å². The molecule has 1 aliphatic carbocycles. The highest BCUT2D eigenvalue weighted by molar-refractivity contribution is 5.82. The van der Waals surface area contributed by atoms with Crippen molar-refractivity contribution in [3.05, 3.63) is 0 Å². The van der Waals surface area contributed by atoms with Crippen LogP contribution in [0.25, 0.3) is 0 Å². The van der Waals surface area contributed by atoms with Crippen molar-refractivity contribution in [2.75, 3.05) is 7.11 Å². The van der Waals surface area contributed by atoms with E-state index in [2.05, 4.69) is 31.4 Å². The number of carbonyl (C=O) groups is 1. The van der Waals surface area contributed by atoms with Crippen LogP contribution >= 0.6 is 0 Å². The fraction of sp³-hybridized carbons (Fsp3) is 0.938. The van der Waals surface area contributed by atoms with E-state index in [9.17, 15) is 4.79 Å². The van der Waals surface area contributed by atoms with Crippen LogP contribution in [0.5, 0.6) is 0 Å². The molecule has 0 aromatic carbocycles. The van der Waals surface area contributed by atoms with Crippen LogP contribution in [0.4, 0.5) is 0 Å². The van der Waals surface area contributed by atoms with Crippen molar-refractivity contribution >= 4 is 5.91 Å². The van der Waals surface area contributed by atoms with E-state index in [1.807, 2.05) is 0 Å². The fourth-order valence-corrected chi connectivity index (χ4v) is 3.74. The number of hydrogen-bond acceptors (Lipinski definition) is 3. The van der Waals surface area contributed by atoms with Gasteiger partial charge in [0.25, 0.3) is 0 Å². The second-order valence-electron chi connectivity index (χ2n) is 7.18. The lowest BCUT2D eigenvalue weighted by Crippen LogP contribution is -2.47. The summed E-state index contributed by atoms with van der Waals surface area (Å²) in [6.45, 7) is 6.16. The van der Waals surface area contributed by atoms with Crippen LogP contribution in [0.3, 0.4) is 0 Å². The number of fused-ring (bicyclic) bond motifs is 1. The molecule has 4 heteroatoms. The van der Waals surface area contributed by atoms with Gasteiger partial charge >= 0.3 is 0 Å². The minimum absolute atomic E-state index is 0.0104. The Balaban J connectivity index is 1.80. The first-order chi connectivity index (χ1) is 9.41. The standard InChI is InChI=1S/C16H30N2O2/c1-11(10-16(2,3)20-4)17-15(19)14-9-12-7-5-6-8-13(12)18-14/h11-14,18H,5-10H2,1-4H3,(H,17,19). The van der Waals surface area contributed by atoms with Gasteiger partial charge in [0.15, 0.2) is 0 Å². The Kier molecular flexibility index (Phi) is 5.08. The van der Waals surface area contributed by atoms with E-state index in [4.69, 9.17) is 4.74 Å². The minimum atomic E-state index is -0.191. The van der Waals surface area contributed by atoms with Crippen LogP contribution in [0.2, 0.25) is 0 Å². The Hall–Kier alpha value is -0.610. The number of methoxy groups -OCH3 is 1. The summed E-state index contributed by atoms with van der Waals surface area (Å²) in [6.07, 6.45) is 7.00.